The summed E-state index contributed by atoms with van der Waals surface area (Å²) < 4.78 is 73.5. The van der Waals surface area contributed by atoms with Crippen LogP contribution in [0.15, 0.2) is 18.3 Å². The van der Waals surface area contributed by atoms with Crippen LogP contribution >= 0.6 is 7.68 Å². The van der Waals surface area contributed by atoms with E-state index in [9.17, 15) is 8.76 Å². The summed E-state index contributed by atoms with van der Waals surface area (Å²) in [6, 6.07) is 4.22. The maximum atomic E-state index is 13.6. The van der Waals surface area contributed by atoms with Gasteiger partial charge in [0, 0.05) is 0 Å². The summed E-state index contributed by atoms with van der Waals surface area (Å²) in [6.45, 7) is 13.5. The summed E-state index contributed by atoms with van der Waals surface area (Å²) in [5.41, 5.74) is 1.76. The Morgan fingerprint density at radius 2 is 0.843 bits per heavy atom. The topological polar surface area (TPSA) is 122 Å². The van der Waals surface area contributed by atoms with Gasteiger partial charge in [0.15, 0.2) is 11.5 Å². The Labute approximate surface area is 426 Å². The Bertz CT molecular complexity index is 1460. The molecule has 0 amide bonds. The molecule has 14 heteroatoms. The van der Waals surface area contributed by atoms with E-state index in [-0.39, 0.29) is 26.0 Å². The van der Waals surface area contributed by atoms with E-state index in [1.165, 1.54) is 173 Å². The molecular formula is C56H103FN3O9P. The molecule has 1 atom stereocenters. The van der Waals surface area contributed by atoms with Crippen LogP contribution in [0.4, 0.5) is 4.20 Å². The molecule has 0 aliphatic carbocycles. The van der Waals surface area contributed by atoms with E-state index in [1.54, 1.807) is 6.92 Å². The third-order valence-electron chi connectivity index (χ3n) is 12.5. The number of benzene rings is 1. The maximum Gasteiger partial charge on any atom is 0.369 e. The Morgan fingerprint density at radius 3 is 1.26 bits per heavy atom. The Balaban J connectivity index is 1.97. The Hall–Kier alpha value is -2.28. The number of aromatic nitrogens is 3. The fourth-order valence-corrected chi connectivity index (χ4v) is 9.18. The minimum absolute atomic E-state index is 0.0194. The highest BCUT2D eigenvalue weighted by Gasteiger charge is 2.21. The second-order valence-corrected chi connectivity index (χ2v) is 20.9. The Morgan fingerprint density at radius 1 is 0.471 bits per heavy atom. The van der Waals surface area contributed by atoms with Gasteiger partial charge in [-0.25, -0.2) is 4.68 Å². The van der Waals surface area contributed by atoms with E-state index in [4.69, 9.17) is 33.2 Å². The highest BCUT2D eigenvalue weighted by Crippen LogP contribution is 2.48. The molecule has 0 aliphatic rings. The highest BCUT2D eigenvalue weighted by atomic mass is 31.2. The summed E-state index contributed by atoms with van der Waals surface area (Å²) in [5, 5.41) is 8.82. The van der Waals surface area contributed by atoms with Crippen molar-refractivity contribution in [2.24, 2.45) is 0 Å². The number of halogens is 1. The monoisotopic (exact) mass is 1010 g/mol. The average Bonchev–Trinajstić information content (AvgIpc) is 3.80. The van der Waals surface area contributed by atoms with E-state index in [0.717, 1.165) is 47.8 Å². The fraction of sp³-hybridized carbons (Fsp3) is 0.857. The van der Waals surface area contributed by atoms with Crippen molar-refractivity contribution >= 4 is 7.68 Å². The van der Waals surface area contributed by atoms with Gasteiger partial charge in [0.05, 0.1) is 98.2 Å². The second-order valence-electron chi connectivity index (χ2n) is 19.0. The zero-order valence-electron chi connectivity index (χ0n) is 45.2. The van der Waals surface area contributed by atoms with E-state index in [2.05, 4.69) is 47.7 Å². The van der Waals surface area contributed by atoms with Crippen LogP contribution in [-0.4, -0.2) is 93.8 Å². The standard InChI is InChI=1S/C56H103FN3O9P/c1-5-9-12-15-18-21-24-27-30-33-36-66-54-47-52(49-60-50-53(58-59-60)51-65-44-43-63-40-39-62-41-42-64-45-46-70(57,61)69-8-4)48-55(67-37-34-31-28-25-22-19-16-13-10-6-2)56(54)68-38-35-32-29-26-23-20-17-14-11-7-3/h47-48,50H,5-46,49,51H2,1-4H3. The van der Waals surface area contributed by atoms with Gasteiger partial charge < -0.3 is 37.7 Å². The molecule has 408 valence electrons. The molecule has 1 heterocycles. The number of ether oxygens (including phenoxy) is 7. The number of hydrogen-bond acceptors (Lipinski definition) is 11. The summed E-state index contributed by atoms with van der Waals surface area (Å²) in [5.74, 6) is 2.24. The van der Waals surface area contributed by atoms with Crippen molar-refractivity contribution in [3.63, 3.8) is 0 Å². The molecule has 2 aromatic rings. The van der Waals surface area contributed by atoms with E-state index >= 15 is 0 Å². The van der Waals surface area contributed by atoms with Crippen molar-refractivity contribution < 1.29 is 46.4 Å². The largest absolute Gasteiger partial charge is 0.490 e. The Kier molecular flexibility index (Phi) is 42.4. The van der Waals surface area contributed by atoms with Crippen molar-refractivity contribution in [2.75, 3.05) is 78.8 Å². The van der Waals surface area contributed by atoms with Crippen LogP contribution in [-0.2, 0) is 41.2 Å². The van der Waals surface area contributed by atoms with E-state index < -0.39 is 7.68 Å². The predicted molar refractivity (Wildman–Crippen MR) is 285 cm³/mol. The minimum atomic E-state index is -4.06. The molecule has 1 aromatic carbocycles. The van der Waals surface area contributed by atoms with Crippen LogP contribution in [0.5, 0.6) is 17.2 Å². The molecule has 0 aliphatic heterocycles. The zero-order chi connectivity index (χ0) is 50.3. The molecule has 0 spiro atoms. The lowest BCUT2D eigenvalue weighted by Crippen LogP contribution is -2.12. The maximum absolute atomic E-state index is 13.6. The molecular weight excluding hydrogens is 909 g/mol. The zero-order valence-corrected chi connectivity index (χ0v) is 46.1. The van der Waals surface area contributed by atoms with E-state index in [1.807, 2.05) is 10.9 Å². The van der Waals surface area contributed by atoms with Crippen molar-refractivity contribution in [3.05, 3.63) is 29.6 Å². The lowest BCUT2D eigenvalue weighted by Gasteiger charge is -2.19. The lowest BCUT2D eigenvalue weighted by atomic mass is 10.1. The number of rotatable bonds is 54. The third-order valence-corrected chi connectivity index (χ3v) is 13.8. The van der Waals surface area contributed by atoms with Gasteiger partial charge in [-0.1, -0.05) is 199 Å². The van der Waals surface area contributed by atoms with Gasteiger partial charge in [0.2, 0.25) is 5.75 Å². The molecule has 2 rings (SSSR count). The highest BCUT2D eigenvalue weighted by molar-refractivity contribution is 7.53. The van der Waals surface area contributed by atoms with Gasteiger partial charge in [-0.05, 0) is 43.9 Å². The molecule has 0 N–H and O–H groups in total. The quantitative estimate of drug-likeness (QED) is 0.0465. The summed E-state index contributed by atoms with van der Waals surface area (Å²) in [6.07, 6.45) is 40.1. The number of unbranched alkanes of at least 4 members (excludes halogenated alkanes) is 27. The van der Waals surface area contributed by atoms with E-state index in [0.29, 0.717) is 66.0 Å². The molecule has 70 heavy (non-hydrogen) atoms. The average molecular weight is 1010 g/mol. The van der Waals surface area contributed by atoms with Gasteiger partial charge >= 0.3 is 7.68 Å². The van der Waals surface area contributed by atoms with Crippen molar-refractivity contribution in [3.8, 4) is 17.2 Å². The predicted octanol–water partition coefficient (Wildman–Crippen LogP) is 16.0. The first-order valence-corrected chi connectivity index (χ1v) is 30.3. The second kappa shape index (κ2) is 46.5. The molecule has 0 radical (unpaired) electrons. The first kappa shape index (κ1) is 63.8. The van der Waals surface area contributed by atoms with Crippen LogP contribution in [0.1, 0.15) is 232 Å². The van der Waals surface area contributed by atoms with Crippen molar-refractivity contribution in [1.29, 1.82) is 0 Å². The van der Waals surface area contributed by atoms with Gasteiger partial charge in [-0.3, -0.25) is 4.57 Å². The van der Waals surface area contributed by atoms with Crippen molar-refractivity contribution in [1.82, 2.24) is 15.0 Å². The number of hydrogen-bond donors (Lipinski definition) is 0. The normalized spacial score (nSPS) is 12.5. The van der Waals surface area contributed by atoms with Crippen LogP contribution in [0.25, 0.3) is 0 Å². The molecule has 0 saturated carbocycles. The van der Waals surface area contributed by atoms with Gasteiger partial charge in [-0.2, -0.15) is 4.20 Å². The molecule has 1 unspecified atom stereocenters. The molecule has 0 fully saturated rings. The van der Waals surface area contributed by atoms with Gasteiger partial charge in [-0.15, -0.1) is 5.10 Å². The number of nitrogens with zero attached hydrogens (tertiary/aromatic N) is 3. The van der Waals surface area contributed by atoms with Crippen LogP contribution in [0.3, 0.4) is 0 Å². The van der Waals surface area contributed by atoms with Gasteiger partial charge in [0.1, 0.15) is 5.69 Å². The summed E-state index contributed by atoms with van der Waals surface area (Å²) in [7, 11) is -4.06. The first-order valence-electron chi connectivity index (χ1n) is 28.6. The first-order chi connectivity index (χ1) is 34.4. The van der Waals surface area contributed by atoms with Crippen LogP contribution < -0.4 is 14.2 Å². The van der Waals surface area contributed by atoms with Crippen LogP contribution in [0, 0.1) is 0 Å². The summed E-state index contributed by atoms with van der Waals surface area (Å²) >= 11 is 0. The third kappa shape index (κ3) is 36.6. The SMILES string of the molecule is CCCCCCCCCCCCOc1cc(Cn2cc(COCCOCCOCCOCCP(=O)(F)OCC)nn2)cc(OCCCCCCCCCCCC)c1OCCCCCCCCCCCC. The summed E-state index contributed by atoms with van der Waals surface area (Å²) in [4.78, 5) is 0. The fourth-order valence-electron chi connectivity index (χ4n) is 8.32. The molecule has 12 nitrogen and oxygen atoms in total. The van der Waals surface area contributed by atoms with Crippen LogP contribution in [0.2, 0.25) is 0 Å². The lowest BCUT2D eigenvalue weighted by molar-refractivity contribution is -0.00326. The minimum Gasteiger partial charge on any atom is -0.490 e. The van der Waals surface area contributed by atoms with Gasteiger partial charge in [0.25, 0.3) is 0 Å². The smallest absolute Gasteiger partial charge is 0.369 e. The molecule has 0 saturated heterocycles. The van der Waals surface area contributed by atoms with Crippen molar-refractivity contribution in [2.45, 2.75) is 233 Å². The molecule has 1 aromatic heterocycles. The molecule has 0 bridgehead atoms.